The first-order chi connectivity index (χ1) is 15.6. The van der Waals surface area contributed by atoms with Crippen molar-refractivity contribution in [2.24, 2.45) is 0 Å². The van der Waals surface area contributed by atoms with E-state index in [9.17, 15) is 0 Å². The summed E-state index contributed by atoms with van der Waals surface area (Å²) in [5.41, 5.74) is 2.57. The van der Waals surface area contributed by atoms with Crippen molar-refractivity contribution in [3.63, 3.8) is 0 Å². The van der Waals surface area contributed by atoms with Gasteiger partial charge in [-0.05, 0) is 50.6 Å². The Hall–Kier alpha value is -1.77. The summed E-state index contributed by atoms with van der Waals surface area (Å²) in [5.74, 6) is 1.86. The molecule has 0 spiro atoms. The molecular weight excluding hydrogens is 442 g/mol. The van der Waals surface area contributed by atoms with E-state index < -0.39 is 0 Å². The van der Waals surface area contributed by atoms with Crippen LogP contribution >= 0.6 is 22.9 Å². The van der Waals surface area contributed by atoms with Crippen molar-refractivity contribution in [3.8, 4) is 0 Å². The molecule has 0 amide bonds. The summed E-state index contributed by atoms with van der Waals surface area (Å²) in [5, 5.41) is 5.72. The van der Waals surface area contributed by atoms with Crippen LogP contribution in [0.3, 0.4) is 0 Å². The summed E-state index contributed by atoms with van der Waals surface area (Å²) in [6.07, 6.45) is 3.51. The van der Waals surface area contributed by atoms with Gasteiger partial charge in [-0.3, -0.25) is 4.90 Å². The van der Waals surface area contributed by atoms with E-state index in [1.165, 1.54) is 22.2 Å². The van der Waals surface area contributed by atoms with Crippen molar-refractivity contribution in [1.29, 1.82) is 0 Å². The minimum absolute atomic E-state index is 0.142. The Morgan fingerprint density at radius 3 is 2.78 bits per heavy atom. The van der Waals surface area contributed by atoms with Crippen LogP contribution in [0.1, 0.15) is 34.3 Å². The number of nitrogens with zero attached hydrogens (tertiary/aromatic N) is 4. The highest BCUT2D eigenvalue weighted by molar-refractivity contribution is 7.19. The average molecular weight is 472 g/mol. The van der Waals surface area contributed by atoms with Gasteiger partial charge in [0.05, 0.1) is 31.2 Å². The first-order valence-corrected chi connectivity index (χ1v) is 12.6. The van der Waals surface area contributed by atoms with E-state index in [0.29, 0.717) is 0 Å². The second-order valence-electron chi connectivity index (χ2n) is 8.80. The molecule has 170 valence electrons. The van der Waals surface area contributed by atoms with Gasteiger partial charge in [0.2, 0.25) is 0 Å². The fourth-order valence-corrected chi connectivity index (χ4v) is 6.25. The molecule has 2 aliphatic rings. The standard InChI is InChI=1S/C24H30ClN5OS/c1-29(2)19(16-6-3-4-8-18(16)25)14-26-23-22-17-7-5-9-20(17)32-24(22)28-21(27-23)15-30-10-12-31-13-11-30/h3-4,6,8,19H,5,7,9-15H2,1-2H3,(H,26,27,28). The van der Waals surface area contributed by atoms with E-state index in [2.05, 4.69) is 35.3 Å². The van der Waals surface area contributed by atoms with Gasteiger partial charge in [0.15, 0.2) is 0 Å². The van der Waals surface area contributed by atoms with Gasteiger partial charge in [-0.25, -0.2) is 9.97 Å². The van der Waals surface area contributed by atoms with Crippen molar-refractivity contribution >= 4 is 39.0 Å². The molecule has 1 saturated heterocycles. The summed E-state index contributed by atoms with van der Waals surface area (Å²) < 4.78 is 5.50. The first-order valence-electron chi connectivity index (χ1n) is 11.4. The Bertz CT molecular complexity index is 1100. The van der Waals surface area contributed by atoms with E-state index in [0.717, 1.165) is 79.3 Å². The summed E-state index contributed by atoms with van der Waals surface area (Å²) in [7, 11) is 4.19. The lowest BCUT2D eigenvalue weighted by atomic mass is 10.1. The highest BCUT2D eigenvalue weighted by atomic mass is 35.5. The van der Waals surface area contributed by atoms with Crippen LogP contribution in [-0.4, -0.2) is 66.7 Å². The van der Waals surface area contributed by atoms with Crippen molar-refractivity contribution in [2.45, 2.75) is 31.8 Å². The Kier molecular flexibility index (Phi) is 6.62. The van der Waals surface area contributed by atoms with Gasteiger partial charge < -0.3 is 15.0 Å². The molecule has 1 N–H and O–H groups in total. The third-order valence-electron chi connectivity index (χ3n) is 6.43. The summed E-state index contributed by atoms with van der Waals surface area (Å²) in [6, 6.07) is 8.24. The predicted molar refractivity (Wildman–Crippen MR) is 132 cm³/mol. The number of ether oxygens (including phenoxy) is 1. The van der Waals surface area contributed by atoms with E-state index >= 15 is 0 Å². The molecule has 1 aliphatic heterocycles. The van der Waals surface area contributed by atoms with Gasteiger partial charge in [-0.2, -0.15) is 0 Å². The van der Waals surface area contributed by atoms with Crippen LogP contribution < -0.4 is 5.32 Å². The first kappa shape index (κ1) is 22.0. The topological polar surface area (TPSA) is 53.5 Å². The second-order valence-corrected chi connectivity index (χ2v) is 10.3. The van der Waals surface area contributed by atoms with Gasteiger partial charge in [0, 0.05) is 29.5 Å². The molecule has 2 aromatic heterocycles. The molecule has 32 heavy (non-hydrogen) atoms. The third kappa shape index (κ3) is 4.50. The highest BCUT2D eigenvalue weighted by Crippen LogP contribution is 2.40. The number of aryl methyl sites for hydroxylation is 2. The molecule has 0 radical (unpaired) electrons. The van der Waals surface area contributed by atoms with Crippen molar-refractivity contribution in [3.05, 3.63) is 51.1 Å². The summed E-state index contributed by atoms with van der Waals surface area (Å²) in [6.45, 7) is 4.91. The van der Waals surface area contributed by atoms with Crippen molar-refractivity contribution < 1.29 is 4.74 Å². The monoisotopic (exact) mass is 471 g/mol. The molecule has 1 aliphatic carbocycles. The second kappa shape index (κ2) is 9.61. The lowest BCUT2D eigenvalue weighted by Gasteiger charge is -2.27. The lowest BCUT2D eigenvalue weighted by Crippen LogP contribution is -2.36. The lowest BCUT2D eigenvalue weighted by molar-refractivity contribution is 0.0331. The quantitative estimate of drug-likeness (QED) is 0.552. The minimum atomic E-state index is 0.142. The smallest absolute Gasteiger partial charge is 0.146 e. The van der Waals surface area contributed by atoms with E-state index in [1.54, 1.807) is 0 Å². The number of aromatic nitrogens is 2. The van der Waals surface area contributed by atoms with Crippen molar-refractivity contribution in [2.75, 3.05) is 52.3 Å². The molecule has 8 heteroatoms. The molecule has 6 nitrogen and oxygen atoms in total. The van der Waals surface area contributed by atoms with Gasteiger partial charge in [-0.15, -0.1) is 11.3 Å². The number of rotatable bonds is 7. The van der Waals surface area contributed by atoms with E-state index in [4.69, 9.17) is 26.3 Å². The number of morpholine rings is 1. The number of anilines is 1. The van der Waals surface area contributed by atoms with E-state index in [-0.39, 0.29) is 6.04 Å². The molecule has 5 rings (SSSR count). The number of hydrogen-bond donors (Lipinski definition) is 1. The number of benzene rings is 1. The molecule has 0 saturated carbocycles. The Morgan fingerprint density at radius 1 is 1.19 bits per heavy atom. The maximum Gasteiger partial charge on any atom is 0.146 e. The maximum absolute atomic E-state index is 6.54. The largest absolute Gasteiger partial charge is 0.379 e. The number of hydrogen-bond acceptors (Lipinski definition) is 7. The van der Waals surface area contributed by atoms with Crippen LogP contribution in [0.2, 0.25) is 5.02 Å². The van der Waals surface area contributed by atoms with Crippen LogP contribution in [0.15, 0.2) is 24.3 Å². The number of likely N-dealkylation sites (N-methyl/N-ethyl adjacent to an activating group) is 1. The molecule has 3 aromatic rings. The SMILES string of the molecule is CN(C)C(CNc1nc(CN2CCOCC2)nc2sc3c(c12)CCC3)c1ccccc1Cl. The van der Waals surface area contributed by atoms with Crippen LogP contribution in [0.5, 0.6) is 0 Å². The Balaban J connectivity index is 1.46. The molecule has 0 bridgehead atoms. The van der Waals surface area contributed by atoms with Gasteiger partial charge in [-0.1, -0.05) is 29.8 Å². The maximum atomic E-state index is 6.54. The van der Waals surface area contributed by atoms with Crippen LogP contribution in [0.4, 0.5) is 5.82 Å². The zero-order chi connectivity index (χ0) is 22.1. The summed E-state index contributed by atoms with van der Waals surface area (Å²) >= 11 is 8.39. The van der Waals surface area contributed by atoms with Gasteiger partial charge in [0.25, 0.3) is 0 Å². The number of halogens is 1. The number of nitrogens with one attached hydrogen (secondary N) is 1. The molecule has 1 fully saturated rings. The minimum Gasteiger partial charge on any atom is -0.379 e. The molecule has 1 unspecified atom stereocenters. The Labute approximate surface area is 198 Å². The van der Waals surface area contributed by atoms with Gasteiger partial charge >= 0.3 is 0 Å². The Morgan fingerprint density at radius 2 is 2.00 bits per heavy atom. The number of fused-ring (bicyclic) bond motifs is 3. The molecular formula is C24H30ClN5OS. The zero-order valence-electron chi connectivity index (χ0n) is 18.7. The van der Waals surface area contributed by atoms with Gasteiger partial charge in [0.1, 0.15) is 16.5 Å². The highest BCUT2D eigenvalue weighted by Gasteiger charge is 2.24. The number of thiophene rings is 1. The normalized spacial score (nSPS) is 17.8. The fraction of sp³-hybridized carbons (Fsp3) is 0.500. The average Bonchev–Trinajstić information content (AvgIpc) is 3.36. The predicted octanol–water partition coefficient (Wildman–Crippen LogP) is 4.38. The van der Waals surface area contributed by atoms with Crippen LogP contribution in [-0.2, 0) is 24.1 Å². The van der Waals surface area contributed by atoms with E-state index in [1.807, 2.05) is 29.5 Å². The fourth-order valence-electron chi connectivity index (χ4n) is 4.71. The third-order valence-corrected chi connectivity index (χ3v) is 7.96. The molecule has 3 heterocycles. The van der Waals surface area contributed by atoms with Crippen LogP contribution in [0, 0.1) is 0 Å². The molecule has 1 atom stereocenters. The summed E-state index contributed by atoms with van der Waals surface area (Å²) in [4.78, 5) is 17.2. The van der Waals surface area contributed by atoms with Crippen molar-refractivity contribution in [1.82, 2.24) is 19.8 Å². The zero-order valence-corrected chi connectivity index (χ0v) is 20.3. The molecule has 1 aromatic carbocycles. The van der Waals surface area contributed by atoms with Crippen LogP contribution in [0.25, 0.3) is 10.2 Å².